The molecular formula is C28H24N2O4S2. The summed E-state index contributed by atoms with van der Waals surface area (Å²) in [5, 5.41) is 4.38. The van der Waals surface area contributed by atoms with Gasteiger partial charge in [-0.25, -0.2) is 4.79 Å². The highest BCUT2D eigenvalue weighted by Gasteiger charge is 2.54. The molecule has 2 amide bonds. The first-order valence-electron chi connectivity index (χ1n) is 11.5. The molecule has 1 N–H and O–H groups in total. The van der Waals surface area contributed by atoms with Crippen LogP contribution in [0.2, 0.25) is 0 Å². The second kappa shape index (κ2) is 10.6. The predicted molar refractivity (Wildman–Crippen MR) is 141 cm³/mol. The maximum atomic E-state index is 13.6. The summed E-state index contributed by atoms with van der Waals surface area (Å²) >= 11 is 2.99. The van der Waals surface area contributed by atoms with Gasteiger partial charge in [-0.2, -0.15) is 0 Å². The molecule has 2 atom stereocenters. The number of thiophene rings is 1. The molecule has 36 heavy (non-hydrogen) atoms. The molecular weight excluding hydrogens is 492 g/mol. The van der Waals surface area contributed by atoms with Crippen LogP contribution in [0, 0.1) is 0 Å². The molecule has 1 aromatic heterocycles. The van der Waals surface area contributed by atoms with Crippen molar-refractivity contribution < 1.29 is 19.1 Å². The summed E-state index contributed by atoms with van der Waals surface area (Å²) in [4.78, 5) is 41.6. The van der Waals surface area contributed by atoms with Crippen LogP contribution in [0.1, 0.15) is 22.1 Å². The fourth-order valence-corrected chi connectivity index (χ4v) is 6.38. The summed E-state index contributed by atoms with van der Waals surface area (Å²) in [7, 11) is 0. The molecule has 3 aromatic rings. The third-order valence-electron chi connectivity index (χ3n) is 6.10. The van der Waals surface area contributed by atoms with Crippen LogP contribution in [0.5, 0.6) is 0 Å². The van der Waals surface area contributed by atoms with Gasteiger partial charge in [-0.1, -0.05) is 79.4 Å². The van der Waals surface area contributed by atoms with Crippen LogP contribution in [-0.4, -0.2) is 39.9 Å². The lowest BCUT2D eigenvalue weighted by Crippen LogP contribution is -2.70. The Bertz CT molecular complexity index is 1270. The van der Waals surface area contributed by atoms with E-state index in [1.54, 1.807) is 6.08 Å². The quantitative estimate of drug-likeness (QED) is 0.353. The molecule has 2 aliphatic heterocycles. The molecule has 6 nitrogen and oxygen atoms in total. The number of ether oxygens (including phenoxy) is 1. The van der Waals surface area contributed by atoms with E-state index in [0.29, 0.717) is 11.3 Å². The highest BCUT2D eigenvalue weighted by atomic mass is 32.2. The number of carbonyl (C=O) groups excluding carboxylic acids is 3. The first kappa shape index (κ1) is 24.1. The van der Waals surface area contributed by atoms with E-state index in [1.807, 2.05) is 78.2 Å². The van der Waals surface area contributed by atoms with Crippen molar-refractivity contribution in [1.29, 1.82) is 0 Å². The number of allylic oxidation sites excluding steroid dienone is 1. The van der Waals surface area contributed by atoms with E-state index in [2.05, 4.69) is 11.9 Å². The van der Waals surface area contributed by atoms with E-state index in [0.717, 1.165) is 16.0 Å². The van der Waals surface area contributed by atoms with Crippen molar-refractivity contribution in [1.82, 2.24) is 10.2 Å². The fraction of sp³-hybridized carbons (Fsp3) is 0.179. The van der Waals surface area contributed by atoms with Gasteiger partial charge < -0.3 is 10.1 Å². The van der Waals surface area contributed by atoms with E-state index < -0.39 is 18.1 Å². The Hall–Kier alpha value is -3.62. The third kappa shape index (κ3) is 4.74. The van der Waals surface area contributed by atoms with Gasteiger partial charge in [-0.3, -0.25) is 14.5 Å². The molecule has 2 aliphatic rings. The molecule has 1 saturated heterocycles. The molecule has 1 fully saturated rings. The number of nitrogens with zero attached hydrogens (tertiary/aromatic N) is 1. The topological polar surface area (TPSA) is 75.7 Å². The van der Waals surface area contributed by atoms with E-state index in [-0.39, 0.29) is 29.3 Å². The van der Waals surface area contributed by atoms with Gasteiger partial charge in [0, 0.05) is 10.6 Å². The van der Waals surface area contributed by atoms with Gasteiger partial charge in [0.2, 0.25) is 5.91 Å². The Morgan fingerprint density at radius 3 is 2.31 bits per heavy atom. The summed E-state index contributed by atoms with van der Waals surface area (Å²) in [5.74, 6) is -0.647. The van der Waals surface area contributed by atoms with Gasteiger partial charge >= 0.3 is 5.97 Å². The van der Waals surface area contributed by atoms with Crippen LogP contribution in [0.3, 0.4) is 0 Å². The molecule has 0 aliphatic carbocycles. The second-order valence-electron chi connectivity index (χ2n) is 8.40. The summed E-state index contributed by atoms with van der Waals surface area (Å²) < 4.78 is 6.05. The Balaban J connectivity index is 1.36. The molecule has 0 saturated carbocycles. The zero-order chi connectivity index (χ0) is 25.1. The van der Waals surface area contributed by atoms with Crippen LogP contribution >= 0.6 is 23.1 Å². The molecule has 182 valence electrons. The smallest absolute Gasteiger partial charge is 0.356 e. The number of amides is 2. The molecule has 0 spiro atoms. The summed E-state index contributed by atoms with van der Waals surface area (Å²) in [6, 6.07) is 22.1. The Morgan fingerprint density at radius 1 is 1.06 bits per heavy atom. The standard InChI is InChI=1S/C28H24N2O4S2/c1-2-18-17-36-27-23(29-22(31)16-21-14-9-15-35-21)26(32)30(27)24(18)28(33)34-25(19-10-5-3-6-11-19)20-12-7-4-8-13-20/h2-15,23,25,27H,1,16-17H2,(H,29,31)/t23?,27-/m1/s1. The molecule has 0 bridgehead atoms. The Kier molecular flexibility index (Phi) is 7.06. The minimum Gasteiger partial charge on any atom is -0.448 e. The third-order valence-corrected chi connectivity index (χ3v) is 8.28. The average Bonchev–Trinajstić information content (AvgIpc) is 3.43. The van der Waals surface area contributed by atoms with Crippen molar-refractivity contribution in [2.75, 3.05) is 5.75 Å². The van der Waals surface area contributed by atoms with Crippen LogP contribution in [0.15, 0.2) is 102 Å². The monoisotopic (exact) mass is 516 g/mol. The number of esters is 1. The number of thioether (sulfide) groups is 1. The van der Waals surface area contributed by atoms with Gasteiger partial charge in [-0.05, 0) is 28.1 Å². The summed E-state index contributed by atoms with van der Waals surface area (Å²) in [6.07, 6.45) is 1.18. The van der Waals surface area contributed by atoms with Crippen molar-refractivity contribution in [2.45, 2.75) is 23.9 Å². The average molecular weight is 517 g/mol. The zero-order valence-electron chi connectivity index (χ0n) is 19.3. The fourth-order valence-electron chi connectivity index (χ4n) is 4.33. The summed E-state index contributed by atoms with van der Waals surface area (Å²) in [6.45, 7) is 3.84. The highest BCUT2D eigenvalue weighted by molar-refractivity contribution is 8.00. The van der Waals surface area contributed by atoms with Crippen molar-refractivity contribution in [3.63, 3.8) is 0 Å². The van der Waals surface area contributed by atoms with Crippen molar-refractivity contribution in [3.8, 4) is 0 Å². The minimum atomic E-state index is -0.685. The zero-order valence-corrected chi connectivity index (χ0v) is 21.0. The molecule has 2 aromatic carbocycles. The minimum absolute atomic E-state index is 0.194. The van der Waals surface area contributed by atoms with Crippen LogP contribution in [-0.2, 0) is 25.5 Å². The van der Waals surface area contributed by atoms with Gasteiger partial charge in [0.25, 0.3) is 5.91 Å². The van der Waals surface area contributed by atoms with E-state index >= 15 is 0 Å². The second-order valence-corrected chi connectivity index (χ2v) is 10.5. The molecule has 1 unspecified atom stereocenters. The van der Waals surface area contributed by atoms with Crippen molar-refractivity contribution in [2.24, 2.45) is 0 Å². The Labute approximate surface area is 217 Å². The van der Waals surface area contributed by atoms with E-state index in [1.165, 1.54) is 28.0 Å². The maximum Gasteiger partial charge on any atom is 0.356 e. The Morgan fingerprint density at radius 2 is 1.72 bits per heavy atom. The normalized spacial score (nSPS) is 18.9. The van der Waals surface area contributed by atoms with Gasteiger partial charge in [0.05, 0.1) is 6.42 Å². The largest absolute Gasteiger partial charge is 0.448 e. The van der Waals surface area contributed by atoms with Gasteiger partial charge in [-0.15, -0.1) is 23.1 Å². The van der Waals surface area contributed by atoms with Gasteiger partial charge in [0.15, 0.2) is 6.10 Å². The maximum absolute atomic E-state index is 13.6. The lowest BCUT2D eigenvalue weighted by molar-refractivity contribution is -0.154. The van der Waals surface area contributed by atoms with Crippen molar-refractivity contribution >= 4 is 40.9 Å². The molecule has 3 heterocycles. The first-order valence-corrected chi connectivity index (χ1v) is 13.4. The molecule has 8 heteroatoms. The number of hydrogen-bond acceptors (Lipinski definition) is 6. The number of nitrogens with one attached hydrogen (secondary N) is 1. The molecule has 5 rings (SSSR count). The SMILES string of the molecule is C=CC1=C(C(=O)OC(c2ccccc2)c2ccccc2)N2C(=O)C(NC(=O)Cc3cccs3)[C@H]2SC1. The number of benzene rings is 2. The number of fused-ring (bicyclic) bond motifs is 1. The van der Waals surface area contributed by atoms with Crippen LogP contribution < -0.4 is 5.32 Å². The van der Waals surface area contributed by atoms with E-state index in [9.17, 15) is 14.4 Å². The van der Waals surface area contributed by atoms with Crippen molar-refractivity contribution in [3.05, 3.63) is 118 Å². The number of rotatable bonds is 8. The molecule has 0 radical (unpaired) electrons. The first-order chi connectivity index (χ1) is 17.6. The van der Waals surface area contributed by atoms with Gasteiger partial charge in [0.1, 0.15) is 17.1 Å². The highest BCUT2D eigenvalue weighted by Crippen LogP contribution is 2.41. The van der Waals surface area contributed by atoms with E-state index in [4.69, 9.17) is 4.74 Å². The number of hydrogen-bond donors (Lipinski definition) is 1. The summed E-state index contributed by atoms with van der Waals surface area (Å²) in [5.41, 5.74) is 2.48. The lowest BCUT2D eigenvalue weighted by Gasteiger charge is -2.49. The number of β-lactam (4-membered cyclic amide) rings is 1. The predicted octanol–water partition coefficient (Wildman–Crippen LogP) is 4.46. The lowest BCUT2D eigenvalue weighted by atomic mass is 10.0. The number of carbonyl (C=O) groups is 3. The van der Waals surface area contributed by atoms with Crippen LogP contribution in [0.4, 0.5) is 0 Å². The van der Waals surface area contributed by atoms with Crippen LogP contribution in [0.25, 0.3) is 0 Å².